The minimum atomic E-state index is -3.94. The van der Waals surface area contributed by atoms with Crippen LogP contribution < -0.4 is 9.50 Å². The van der Waals surface area contributed by atoms with Gasteiger partial charge in [-0.2, -0.15) is 8.42 Å². The van der Waals surface area contributed by atoms with Crippen molar-refractivity contribution >= 4 is 21.5 Å². The first-order valence-corrected chi connectivity index (χ1v) is 11.4. The van der Waals surface area contributed by atoms with Crippen LogP contribution in [0.15, 0.2) is 65.8 Å². The number of hydrogen-bond donors (Lipinski definition) is 1. The van der Waals surface area contributed by atoms with Gasteiger partial charge in [-0.15, -0.1) is 0 Å². The second-order valence-corrected chi connectivity index (χ2v) is 9.56. The molecule has 0 aliphatic carbocycles. The van der Waals surface area contributed by atoms with E-state index in [9.17, 15) is 8.42 Å². The second-order valence-electron chi connectivity index (χ2n) is 8.01. The lowest BCUT2D eigenvalue weighted by Crippen LogP contribution is -2.14. The number of benzene rings is 2. The Bertz CT molecular complexity index is 1080. The fourth-order valence-corrected chi connectivity index (χ4v) is 4.14. The van der Waals surface area contributed by atoms with E-state index in [1.54, 1.807) is 36.7 Å². The first-order valence-electron chi connectivity index (χ1n) is 10.0. The average molecular weight is 425 g/mol. The highest BCUT2D eigenvalue weighted by molar-refractivity contribution is 7.87. The van der Waals surface area contributed by atoms with E-state index in [-0.39, 0.29) is 16.7 Å². The third-order valence-corrected chi connectivity index (χ3v) is 6.08. The smallest absolute Gasteiger partial charge is 0.339 e. The van der Waals surface area contributed by atoms with Crippen LogP contribution in [0.2, 0.25) is 0 Å². The van der Waals surface area contributed by atoms with Crippen molar-refractivity contribution in [1.82, 2.24) is 4.98 Å². The van der Waals surface area contributed by atoms with E-state index in [2.05, 4.69) is 10.3 Å². The quantitative estimate of drug-likeness (QED) is 0.461. The normalized spacial score (nSPS) is 11.7. The maximum absolute atomic E-state index is 13.0. The topological polar surface area (TPSA) is 68.3 Å². The third-order valence-electron chi connectivity index (χ3n) is 4.84. The molecule has 2 aromatic carbocycles. The van der Waals surface area contributed by atoms with Crippen LogP contribution in [0, 0.1) is 6.92 Å². The van der Waals surface area contributed by atoms with Crippen LogP contribution in [-0.2, 0) is 10.1 Å². The predicted molar refractivity (Wildman–Crippen MR) is 121 cm³/mol. The number of anilines is 2. The van der Waals surface area contributed by atoms with Gasteiger partial charge in [-0.25, -0.2) is 0 Å². The number of pyridine rings is 1. The maximum atomic E-state index is 13.0. The molecule has 0 saturated heterocycles. The van der Waals surface area contributed by atoms with Gasteiger partial charge in [0.2, 0.25) is 0 Å². The maximum Gasteiger partial charge on any atom is 0.339 e. The summed E-state index contributed by atoms with van der Waals surface area (Å²) in [7, 11) is -3.94. The lowest BCUT2D eigenvalue weighted by atomic mass is 9.93. The summed E-state index contributed by atoms with van der Waals surface area (Å²) in [5.41, 5.74) is 4.40. The predicted octanol–water partition coefficient (Wildman–Crippen LogP) is 6.15. The summed E-state index contributed by atoms with van der Waals surface area (Å²) in [6.07, 6.45) is 3.47. The molecule has 0 saturated carbocycles. The van der Waals surface area contributed by atoms with Crippen LogP contribution in [-0.4, -0.2) is 13.4 Å². The Morgan fingerprint density at radius 2 is 1.50 bits per heavy atom. The van der Waals surface area contributed by atoms with Gasteiger partial charge in [0.1, 0.15) is 10.6 Å². The van der Waals surface area contributed by atoms with Gasteiger partial charge in [0.25, 0.3) is 0 Å². The van der Waals surface area contributed by atoms with E-state index in [1.807, 2.05) is 58.9 Å². The van der Waals surface area contributed by atoms with Crippen molar-refractivity contribution in [3.8, 4) is 5.75 Å². The molecule has 1 heterocycles. The van der Waals surface area contributed by atoms with Crippen molar-refractivity contribution in [2.75, 3.05) is 5.32 Å². The Morgan fingerprint density at radius 1 is 0.900 bits per heavy atom. The van der Waals surface area contributed by atoms with E-state index in [0.717, 1.165) is 28.1 Å². The van der Waals surface area contributed by atoms with Crippen LogP contribution in [0.1, 0.15) is 56.2 Å². The Hall–Kier alpha value is -2.86. The van der Waals surface area contributed by atoms with Gasteiger partial charge in [0.15, 0.2) is 0 Å². The molecule has 0 fully saturated rings. The highest BCUT2D eigenvalue weighted by Crippen LogP contribution is 2.39. The minimum absolute atomic E-state index is 0.0707. The van der Waals surface area contributed by atoms with Crippen molar-refractivity contribution < 1.29 is 12.6 Å². The van der Waals surface area contributed by atoms with Gasteiger partial charge < -0.3 is 9.50 Å². The molecular formula is C24H28N2O3S. The summed E-state index contributed by atoms with van der Waals surface area (Å²) in [5.74, 6) is 0.556. The van der Waals surface area contributed by atoms with Crippen molar-refractivity contribution in [2.24, 2.45) is 0 Å². The number of aromatic nitrogens is 1. The van der Waals surface area contributed by atoms with Gasteiger partial charge in [-0.1, -0.05) is 45.4 Å². The molecule has 30 heavy (non-hydrogen) atoms. The zero-order valence-electron chi connectivity index (χ0n) is 18.0. The van der Waals surface area contributed by atoms with Crippen LogP contribution in [0.5, 0.6) is 5.75 Å². The molecule has 158 valence electrons. The Morgan fingerprint density at radius 3 is 2.00 bits per heavy atom. The first-order chi connectivity index (χ1) is 14.2. The highest BCUT2D eigenvalue weighted by atomic mass is 32.2. The molecule has 1 N–H and O–H groups in total. The Balaban J connectivity index is 2.07. The number of nitrogens with zero attached hydrogens (tertiary/aromatic N) is 1. The molecule has 0 radical (unpaired) electrons. The lowest BCUT2D eigenvalue weighted by Gasteiger charge is -2.22. The molecule has 0 amide bonds. The van der Waals surface area contributed by atoms with Crippen molar-refractivity contribution in [1.29, 1.82) is 0 Å². The van der Waals surface area contributed by atoms with Crippen molar-refractivity contribution in [2.45, 2.75) is 51.3 Å². The molecule has 3 rings (SSSR count). The number of nitrogens with one attached hydrogen (secondary N) is 1. The molecule has 0 aliphatic heterocycles. The van der Waals surface area contributed by atoms with E-state index >= 15 is 0 Å². The number of hydrogen-bond acceptors (Lipinski definition) is 5. The van der Waals surface area contributed by atoms with Gasteiger partial charge in [-0.3, -0.25) is 4.98 Å². The summed E-state index contributed by atoms with van der Waals surface area (Å²) >= 11 is 0. The van der Waals surface area contributed by atoms with Gasteiger partial charge in [0, 0.05) is 23.0 Å². The molecule has 5 nitrogen and oxygen atoms in total. The molecule has 0 unspecified atom stereocenters. The summed E-state index contributed by atoms with van der Waals surface area (Å²) in [5, 5.41) is 3.35. The van der Waals surface area contributed by atoms with Gasteiger partial charge in [-0.05, 0) is 55.2 Å². The van der Waals surface area contributed by atoms with Crippen LogP contribution in [0.3, 0.4) is 0 Å². The van der Waals surface area contributed by atoms with Crippen LogP contribution >= 0.6 is 0 Å². The first kappa shape index (κ1) is 21.8. The Labute approximate surface area is 179 Å². The van der Waals surface area contributed by atoms with E-state index in [0.29, 0.717) is 5.75 Å². The number of aryl methyl sites for hydroxylation is 1. The van der Waals surface area contributed by atoms with Crippen LogP contribution in [0.25, 0.3) is 0 Å². The zero-order chi connectivity index (χ0) is 21.9. The van der Waals surface area contributed by atoms with Crippen molar-refractivity contribution in [3.05, 3.63) is 77.6 Å². The van der Waals surface area contributed by atoms with Crippen LogP contribution in [0.4, 0.5) is 11.4 Å². The van der Waals surface area contributed by atoms with E-state index < -0.39 is 10.1 Å². The van der Waals surface area contributed by atoms with E-state index in [4.69, 9.17) is 4.18 Å². The van der Waals surface area contributed by atoms with E-state index in [1.165, 1.54) is 0 Å². The number of rotatable bonds is 7. The molecule has 3 aromatic rings. The molecule has 0 aliphatic rings. The summed E-state index contributed by atoms with van der Waals surface area (Å²) in [6.45, 7) is 10.0. The average Bonchev–Trinajstić information content (AvgIpc) is 2.69. The fourth-order valence-electron chi connectivity index (χ4n) is 3.17. The fraction of sp³-hybridized carbons (Fsp3) is 0.292. The Kier molecular flexibility index (Phi) is 6.46. The molecule has 6 heteroatoms. The summed E-state index contributed by atoms with van der Waals surface area (Å²) in [6, 6.07) is 14.4. The van der Waals surface area contributed by atoms with Crippen molar-refractivity contribution in [3.63, 3.8) is 0 Å². The molecule has 0 spiro atoms. The second kappa shape index (κ2) is 8.88. The highest BCUT2D eigenvalue weighted by Gasteiger charge is 2.24. The van der Waals surface area contributed by atoms with Gasteiger partial charge >= 0.3 is 10.1 Å². The monoisotopic (exact) mass is 424 g/mol. The molecule has 1 aromatic heterocycles. The molecular weight excluding hydrogens is 396 g/mol. The summed E-state index contributed by atoms with van der Waals surface area (Å²) < 4.78 is 31.7. The molecule has 0 atom stereocenters. The van der Waals surface area contributed by atoms with Gasteiger partial charge in [0.05, 0.1) is 11.9 Å². The largest absolute Gasteiger partial charge is 0.378 e. The summed E-state index contributed by atoms with van der Waals surface area (Å²) in [4.78, 5) is 4.28. The standard InChI is InChI=1S/C24H28N2O3S/c1-16(2)22-13-20(26-19-7-6-12-25-15-19)14-23(17(3)4)24(22)29-30(27,28)21-10-8-18(5)9-11-21/h6-17,26H,1-5H3. The third kappa shape index (κ3) is 5.00. The minimum Gasteiger partial charge on any atom is -0.378 e. The zero-order valence-corrected chi connectivity index (χ0v) is 18.8. The molecule has 0 bridgehead atoms. The lowest BCUT2D eigenvalue weighted by molar-refractivity contribution is 0.476. The SMILES string of the molecule is Cc1ccc(S(=O)(=O)Oc2c(C(C)C)cc(Nc3cccnc3)cc2C(C)C)cc1.